The van der Waals surface area contributed by atoms with Crippen molar-refractivity contribution in [2.45, 2.75) is 19.3 Å². The van der Waals surface area contributed by atoms with Gasteiger partial charge in [0.1, 0.15) is 5.82 Å². The molecule has 0 radical (unpaired) electrons. The van der Waals surface area contributed by atoms with Gasteiger partial charge in [-0.2, -0.15) is 13.2 Å². The normalized spacial score (nSPS) is 11.7. The largest absolute Gasteiger partial charge is 0.417 e. The van der Waals surface area contributed by atoms with Gasteiger partial charge in [-0.1, -0.05) is 6.07 Å². The average molecular weight is 300 g/mol. The zero-order chi connectivity index (χ0) is 15.6. The van der Waals surface area contributed by atoms with Gasteiger partial charge in [0, 0.05) is 24.4 Å². The minimum Gasteiger partial charge on any atom is -0.326 e. The second-order valence-corrected chi connectivity index (χ2v) is 4.51. The Morgan fingerprint density at radius 1 is 1.14 bits per heavy atom. The van der Waals surface area contributed by atoms with Crippen molar-refractivity contribution in [2.24, 2.45) is 5.73 Å². The minimum atomic E-state index is -4.56. The van der Waals surface area contributed by atoms with E-state index < -0.39 is 23.1 Å². The number of hydrogen-bond acceptors (Lipinski definition) is 2. The molecule has 1 aromatic carbocycles. The summed E-state index contributed by atoms with van der Waals surface area (Å²) < 4.78 is 52.4. The molecule has 0 bridgehead atoms. The number of benzene rings is 1. The first-order valence-electron chi connectivity index (χ1n) is 6.06. The van der Waals surface area contributed by atoms with Crippen LogP contribution < -0.4 is 11.3 Å². The van der Waals surface area contributed by atoms with Crippen LogP contribution in [0.2, 0.25) is 0 Å². The number of pyridine rings is 1. The first-order chi connectivity index (χ1) is 9.81. The standard InChI is InChI=1S/C14H12F4N2O/c15-12-3-1-9(6-19)5-10(12)7-20-8-11(14(16,17)18)2-4-13(20)21/h1-5,8H,6-7,19H2. The van der Waals surface area contributed by atoms with Crippen LogP contribution in [0.4, 0.5) is 17.6 Å². The van der Waals surface area contributed by atoms with E-state index in [1.54, 1.807) is 0 Å². The zero-order valence-electron chi connectivity index (χ0n) is 10.8. The Hall–Kier alpha value is -2.15. The first kappa shape index (κ1) is 15.2. The molecule has 2 rings (SSSR count). The van der Waals surface area contributed by atoms with E-state index in [-0.39, 0.29) is 18.7 Å². The number of aromatic nitrogens is 1. The van der Waals surface area contributed by atoms with Gasteiger partial charge in [-0.15, -0.1) is 0 Å². The van der Waals surface area contributed by atoms with E-state index >= 15 is 0 Å². The van der Waals surface area contributed by atoms with Crippen LogP contribution in [0.1, 0.15) is 16.7 Å². The van der Waals surface area contributed by atoms with Crippen LogP contribution in [0.15, 0.2) is 41.3 Å². The monoisotopic (exact) mass is 300 g/mol. The summed E-state index contributed by atoms with van der Waals surface area (Å²) in [6.45, 7) is -0.118. The highest BCUT2D eigenvalue weighted by Gasteiger charge is 2.31. The summed E-state index contributed by atoms with van der Waals surface area (Å²) in [6, 6.07) is 5.60. The van der Waals surface area contributed by atoms with E-state index in [9.17, 15) is 22.4 Å². The molecule has 0 aliphatic heterocycles. The third-order valence-electron chi connectivity index (χ3n) is 3.00. The Morgan fingerprint density at radius 3 is 2.48 bits per heavy atom. The highest BCUT2D eigenvalue weighted by atomic mass is 19.4. The molecule has 0 amide bonds. The number of nitrogens with zero attached hydrogens (tertiary/aromatic N) is 1. The highest BCUT2D eigenvalue weighted by molar-refractivity contribution is 5.26. The lowest BCUT2D eigenvalue weighted by atomic mass is 10.1. The van der Waals surface area contributed by atoms with Crippen molar-refractivity contribution in [1.82, 2.24) is 4.57 Å². The van der Waals surface area contributed by atoms with Crippen molar-refractivity contribution in [3.8, 4) is 0 Å². The van der Waals surface area contributed by atoms with Gasteiger partial charge in [0.15, 0.2) is 0 Å². The van der Waals surface area contributed by atoms with Crippen LogP contribution in [0.3, 0.4) is 0 Å². The fourth-order valence-electron chi connectivity index (χ4n) is 1.88. The molecule has 2 aromatic rings. The maximum atomic E-state index is 13.7. The number of halogens is 4. The van der Waals surface area contributed by atoms with Crippen LogP contribution in [-0.2, 0) is 19.3 Å². The molecule has 0 saturated carbocycles. The molecule has 0 aliphatic carbocycles. The smallest absolute Gasteiger partial charge is 0.326 e. The van der Waals surface area contributed by atoms with Crippen molar-refractivity contribution in [3.63, 3.8) is 0 Å². The van der Waals surface area contributed by atoms with Gasteiger partial charge in [0.25, 0.3) is 5.56 Å². The lowest BCUT2D eigenvalue weighted by Gasteiger charge is -2.12. The van der Waals surface area contributed by atoms with Gasteiger partial charge in [0.2, 0.25) is 0 Å². The van der Waals surface area contributed by atoms with Gasteiger partial charge < -0.3 is 10.3 Å². The van der Waals surface area contributed by atoms with E-state index in [1.807, 2.05) is 0 Å². The van der Waals surface area contributed by atoms with Gasteiger partial charge in [0.05, 0.1) is 12.1 Å². The molecule has 2 N–H and O–H groups in total. The SMILES string of the molecule is NCc1ccc(F)c(Cn2cc(C(F)(F)F)ccc2=O)c1. The molecule has 7 heteroatoms. The van der Waals surface area contributed by atoms with E-state index in [4.69, 9.17) is 5.73 Å². The molecule has 0 atom stereocenters. The Kier molecular flexibility index (Phi) is 4.13. The molecule has 21 heavy (non-hydrogen) atoms. The molecular weight excluding hydrogens is 288 g/mol. The molecule has 0 aliphatic rings. The molecule has 1 aromatic heterocycles. The predicted molar refractivity (Wildman–Crippen MR) is 69.1 cm³/mol. The molecule has 0 spiro atoms. The van der Waals surface area contributed by atoms with E-state index in [1.165, 1.54) is 18.2 Å². The quantitative estimate of drug-likeness (QED) is 0.885. The van der Waals surface area contributed by atoms with Crippen molar-refractivity contribution in [2.75, 3.05) is 0 Å². The molecule has 112 valence electrons. The van der Waals surface area contributed by atoms with E-state index in [2.05, 4.69) is 0 Å². The van der Waals surface area contributed by atoms with Crippen molar-refractivity contribution in [1.29, 1.82) is 0 Å². The van der Waals surface area contributed by atoms with Crippen LogP contribution in [-0.4, -0.2) is 4.57 Å². The highest BCUT2D eigenvalue weighted by Crippen LogP contribution is 2.28. The number of nitrogens with two attached hydrogens (primary N) is 1. The van der Waals surface area contributed by atoms with Gasteiger partial charge in [-0.25, -0.2) is 4.39 Å². The topological polar surface area (TPSA) is 48.0 Å². The summed E-state index contributed by atoms with van der Waals surface area (Å²) in [6.07, 6.45) is -3.88. The van der Waals surface area contributed by atoms with Gasteiger partial charge >= 0.3 is 6.18 Å². The predicted octanol–water partition coefficient (Wildman–Crippen LogP) is 2.51. The third-order valence-corrected chi connectivity index (χ3v) is 3.00. The summed E-state index contributed by atoms with van der Waals surface area (Å²) in [7, 11) is 0. The third kappa shape index (κ3) is 3.49. The number of rotatable bonds is 3. The van der Waals surface area contributed by atoms with Crippen molar-refractivity contribution >= 4 is 0 Å². The molecule has 3 nitrogen and oxygen atoms in total. The molecule has 0 saturated heterocycles. The Labute approximate surface area is 117 Å². The molecule has 0 unspecified atom stereocenters. The molecule has 0 fully saturated rings. The Morgan fingerprint density at radius 2 is 1.86 bits per heavy atom. The summed E-state index contributed by atoms with van der Waals surface area (Å²) in [4.78, 5) is 11.6. The maximum Gasteiger partial charge on any atom is 0.417 e. The Bertz CT molecular complexity index is 707. The first-order valence-corrected chi connectivity index (χ1v) is 6.06. The summed E-state index contributed by atoms with van der Waals surface area (Å²) in [5, 5.41) is 0. The summed E-state index contributed by atoms with van der Waals surface area (Å²) >= 11 is 0. The van der Waals surface area contributed by atoms with Crippen LogP contribution in [0.5, 0.6) is 0 Å². The minimum absolute atomic E-state index is 0.111. The fourth-order valence-corrected chi connectivity index (χ4v) is 1.88. The maximum absolute atomic E-state index is 13.7. The fraction of sp³-hybridized carbons (Fsp3) is 0.214. The second-order valence-electron chi connectivity index (χ2n) is 4.51. The lowest BCUT2D eigenvalue weighted by Crippen LogP contribution is -2.22. The average Bonchev–Trinajstić information content (AvgIpc) is 2.42. The van der Waals surface area contributed by atoms with E-state index in [0.29, 0.717) is 17.8 Å². The van der Waals surface area contributed by atoms with Gasteiger partial charge in [-0.05, 0) is 23.8 Å². The lowest BCUT2D eigenvalue weighted by molar-refractivity contribution is -0.138. The summed E-state index contributed by atoms with van der Waals surface area (Å²) in [5.41, 5.74) is 4.58. The molecule has 1 heterocycles. The second kappa shape index (κ2) is 5.69. The zero-order valence-corrected chi connectivity index (χ0v) is 10.8. The number of hydrogen-bond donors (Lipinski definition) is 1. The molecular formula is C14H12F4N2O. The van der Waals surface area contributed by atoms with E-state index in [0.717, 1.165) is 10.6 Å². The van der Waals surface area contributed by atoms with Crippen molar-refractivity contribution < 1.29 is 17.6 Å². The van der Waals surface area contributed by atoms with Gasteiger partial charge in [-0.3, -0.25) is 4.79 Å². The summed E-state index contributed by atoms with van der Waals surface area (Å²) in [5.74, 6) is -0.600. The Balaban J connectivity index is 2.42. The van der Waals surface area contributed by atoms with Crippen LogP contribution in [0.25, 0.3) is 0 Å². The van der Waals surface area contributed by atoms with Crippen LogP contribution >= 0.6 is 0 Å². The van der Waals surface area contributed by atoms with Crippen molar-refractivity contribution in [3.05, 3.63) is 69.4 Å². The van der Waals surface area contributed by atoms with Crippen LogP contribution in [0, 0.1) is 5.82 Å². The number of alkyl halides is 3.